The zero-order valence-electron chi connectivity index (χ0n) is 23.6. The lowest BCUT2D eigenvalue weighted by atomic mass is 9.90. The van der Waals surface area contributed by atoms with Gasteiger partial charge in [-0.15, -0.1) is 5.10 Å². The highest BCUT2D eigenvalue weighted by Gasteiger charge is 2.45. The summed E-state index contributed by atoms with van der Waals surface area (Å²) in [5, 5.41) is 11.6. The number of hydrogen-bond donors (Lipinski definition) is 0. The van der Waals surface area contributed by atoms with Gasteiger partial charge in [0.15, 0.2) is 0 Å². The third-order valence-corrected chi connectivity index (χ3v) is 6.98. The number of hydrogen-bond acceptors (Lipinski definition) is 7. The zero-order chi connectivity index (χ0) is 32.8. The Morgan fingerprint density at radius 2 is 1.59 bits per heavy atom. The number of carbonyl (C=O) groups is 1. The van der Waals surface area contributed by atoms with Crippen molar-refractivity contribution in [3.63, 3.8) is 0 Å². The Labute approximate surface area is 244 Å². The maximum absolute atomic E-state index is 13.9. The third-order valence-electron chi connectivity index (χ3n) is 6.98. The molecule has 0 radical (unpaired) electrons. The van der Waals surface area contributed by atoms with Crippen LogP contribution in [0.1, 0.15) is 66.4 Å². The highest BCUT2D eigenvalue weighted by molar-refractivity contribution is 5.91. The van der Waals surface area contributed by atoms with Crippen LogP contribution in [0.25, 0.3) is 0 Å². The van der Waals surface area contributed by atoms with Gasteiger partial charge < -0.3 is 9.64 Å². The SMILES string of the molecule is CCOC(=O)N1c2c(C)cc(C(F)(F)F)nc2[C@@H](N(Cc2cc(C(F)(F)F)cc(C(F)(F)F)c2)c2nnn(C)n2)C[C@H]1CC. The molecule has 2 atom stereocenters. The number of fused-ring (bicyclic) bond motifs is 1. The van der Waals surface area contributed by atoms with Gasteiger partial charge in [-0.05, 0) is 67.3 Å². The summed E-state index contributed by atoms with van der Waals surface area (Å²) in [5.74, 6) is -0.300. The van der Waals surface area contributed by atoms with E-state index in [-0.39, 0.29) is 48.4 Å². The van der Waals surface area contributed by atoms with Gasteiger partial charge in [-0.25, -0.2) is 9.78 Å². The molecule has 0 fully saturated rings. The van der Waals surface area contributed by atoms with Crippen molar-refractivity contribution in [2.24, 2.45) is 7.05 Å². The van der Waals surface area contributed by atoms with Crippen molar-refractivity contribution in [3.8, 4) is 0 Å². The average Bonchev–Trinajstić information content (AvgIpc) is 3.35. The van der Waals surface area contributed by atoms with Gasteiger partial charge in [-0.2, -0.15) is 44.3 Å². The van der Waals surface area contributed by atoms with Crippen LogP contribution in [-0.4, -0.2) is 43.9 Å². The van der Waals surface area contributed by atoms with Crippen LogP contribution >= 0.6 is 0 Å². The topological polar surface area (TPSA) is 89.3 Å². The first-order valence-electron chi connectivity index (χ1n) is 13.2. The second-order valence-electron chi connectivity index (χ2n) is 10.1. The van der Waals surface area contributed by atoms with E-state index in [1.165, 1.54) is 25.8 Å². The number of anilines is 2. The minimum absolute atomic E-state index is 0.0102. The molecule has 1 aliphatic rings. The van der Waals surface area contributed by atoms with E-state index in [0.29, 0.717) is 12.1 Å². The molecule has 4 rings (SSSR count). The second kappa shape index (κ2) is 11.8. The summed E-state index contributed by atoms with van der Waals surface area (Å²) in [6.45, 7) is 3.79. The van der Waals surface area contributed by atoms with Crippen LogP contribution < -0.4 is 9.80 Å². The van der Waals surface area contributed by atoms with Crippen LogP contribution in [-0.2, 0) is 36.9 Å². The number of aromatic nitrogens is 5. The van der Waals surface area contributed by atoms with E-state index >= 15 is 0 Å². The molecule has 3 aromatic rings. The van der Waals surface area contributed by atoms with Crippen molar-refractivity contribution < 1.29 is 49.0 Å². The maximum Gasteiger partial charge on any atom is 0.433 e. The molecule has 1 aromatic carbocycles. The van der Waals surface area contributed by atoms with Gasteiger partial charge in [0.05, 0.1) is 42.2 Å². The maximum atomic E-state index is 13.9. The van der Waals surface area contributed by atoms with Gasteiger partial charge in [0.25, 0.3) is 5.95 Å². The van der Waals surface area contributed by atoms with Crippen molar-refractivity contribution in [1.82, 2.24) is 25.2 Å². The van der Waals surface area contributed by atoms with Crippen LogP contribution in [0.2, 0.25) is 0 Å². The number of ether oxygens (including phenoxy) is 1. The predicted molar refractivity (Wildman–Crippen MR) is 136 cm³/mol. The molecule has 0 bridgehead atoms. The lowest BCUT2D eigenvalue weighted by Crippen LogP contribution is -2.49. The Morgan fingerprint density at radius 3 is 2.07 bits per heavy atom. The number of aryl methyl sites for hydroxylation is 2. The molecule has 240 valence electrons. The fourth-order valence-corrected chi connectivity index (χ4v) is 5.11. The molecule has 2 aromatic heterocycles. The van der Waals surface area contributed by atoms with Gasteiger partial charge in [0, 0.05) is 12.6 Å². The summed E-state index contributed by atoms with van der Waals surface area (Å²) >= 11 is 0. The lowest BCUT2D eigenvalue weighted by molar-refractivity contribution is -0.143. The lowest BCUT2D eigenvalue weighted by Gasteiger charge is -2.43. The van der Waals surface area contributed by atoms with Gasteiger partial charge in [-0.3, -0.25) is 4.90 Å². The molecule has 0 saturated carbocycles. The summed E-state index contributed by atoms with van der Waals surface area (Å²) in [6.07, 6.45) is -16.0. The standard InChI is InChI=1S/C26H26F9N7O2/c1-5-17-11-18(20-21(42(17)23(43)44-6-2)13(3)7-19(36-20)26(33,34)35)41(22-37-39-40(4)38-22)12-14-8-15(24(27,28)29)10-16(9-14)25(30,31)32/h7-10,17-18H,5-6,11-12H2,1-4H3/t17-,18+/m1/s1. The molecule has 18 heteroatoms. The van der Waals surface area contributed by atoms with Gasteiger partial charge in [0.1, 0.15) is 5.69 Å². The van der Waals surface area contributed by atoms with E-state index in [9.17, 15) is 44.3 Å². The van der Waals surface area contributed by atoms with Crippen molar-refractivity contribution in [2.75, 3.05) is 16.4 Å². The number of amides is 1. The number of benzene rings is 1. The van der Waals surface area contributed by atoms with Crippen molar-refractivity contribution >= 4 is 17.7 Å². The second-order valence-corrected chi connectivity index (χ2v) is 10.1. The molecule has 3 heterocycles. The van der Waals surface area contributed by atoms with Crippen LogP contribution in [0.15, 0.2) is 24.3 Å². The first kappa shape index (κ1) is 32.8. The molecular weight excluding hydrogens is 613 g/mol. The van der Waals surface area contributed by atoms with Crippen molar-refractivity contribution in [2.45, 2.75) is 70.8 Å². The number of halogens is 9. The van der Waals surface area contributed by atoms with E-state index < -0.39 is 65.6 Å². The number of rotatable bonds is 6. The van der Waals surface area contributed by atoms with Crippen LogP contribution in [0.4, 0.5) is 55.9 Å². The van der Waals surface area contributed by atoms with Gasteiger partial charge in [-0.1, -0.05) is 12.0 Å². The minimum Gasteiger partial charge on any atom is -0.449 e. The van der Waals surface area contributed by atoms with Crippen molar-refractivity contribution in [1.29, 1.82) is 0 Å². The predicted octanol–water partition coefficient (Wildman–Crippen LogP) is 6.86. The average molecular weight is 640 g/mol. The van der Waals surface area contributed by atoms with E-state index in [0.717, 1.165) is 15.8 Å². The Hall–Kier alpha value is -4.12. The Kier molecular flexibility index (Phi) is 8.76. The fraction of sp³-hybridized carbons (Fsp3) is 0.500. The fourth-order valence-electron chi connectivity index (χ4n) is 5.11. The molecule has 1 amide bonds. The van der Waals surface area contributed by atoms with E-state index in [2.05, 4.69) is 20.4 Å². The summed E-state index contributed by atoms with van der Waals surface area (Å²) < 4.78 is 129. The molecule has 0 saturated heterocycles. The number of nitrogens with zero attached hydrogens (tertiary/aromatic N) is 7. The van der Waals surface area contributed by atoms with E-state index in [1.807, 2.05) is 0 Å². The minimum atomic E-state index is -5.14. The number of tetrazole rings is 1. The quantitative estimate of drug-likeness (QED) is 0.272. The largest absolute Gasteiger partial charge is 0.449 e. The monoisotopic (exact) mass is 639 g/mol. The van der Waals surface area contributed by atoms with E-state index in [1.54, 1.807) is 6.92 Å². The Morgan fingerprint density at radius 1 is 0.977 bits per heavy atom. The molecule has 0 N–H and O–H groups in total. The van der Waals surface area contributed by atoms with E-state index in [4.69, 9.17) is 4.74 Å². The summed E-state index contributed by atoms with van der Waals surface area (Å²) in [4.78, 5) is 20.2. The van der Waals surface area contributed by atoms with Gasteiger partial charge >= 0.3 is 24.6 Å². The van der Waals surface area contributed by atoms with Gasteiger partial charge in [0.2, 0.25) is 0 Å². The smallest absolute Gasteiger partial charge is 0.433 e. The molecule has 0 aliphatic carbocycles. The summed E-state index contributed by atoms with van der Waals surface area (Å²) in [7, 11) is 1.34. The molecular formula is C26H26F9N7O2. The number of carbonyl (C=O) groups excluding carboxylic acids is 1. The normalized spacial score (nSPS) is 17.4. The third kappa shape index (κ3) is 6.67. The van der Waals surface area contributed by atoms with Crippen molar-refractivity contribution in [3.05, 3.63) is 57.9 Å². The zero-order valence-corrected chi connectivity index (χ0v) is 23.6. The highest BCUT2D eigenvalue weighted by atomic mass is 19.4. The van der Waals surface area contributed by atoms with Crippen LogP contribution in [0, 0.1) is 6.92 Å². The number of alkyl halides is 9. The van der Waals surface area contributed by atoms with Crippen LogP contribution in [0.5, 0.6) is 0 Å². The summed E-state index contributed by atoms with van der Waals surface area (Å²) in [5.41, 5.74) is -5.31. The first-order chi connectivity index (χ1) is 20.3. The highest BCUT2D eigenvalue weighted by Crippen LogP contribution is 2.46. The number of pyridine rings is 1. The first-order valence-corrected chi connectivity index (χ1v) is 13.2. The Bertz CT molecular complexity index is 1490. The van der Waals surface area contributed by atoms with Crippen LogP contribution in [0.3, 0.4) is 0 Å². The molecule has 44 heavy (non-hydrogen) atoms. The molecule has 9 nitrogen and oxygen atoms in total. The molecule has 0 unspecified atom stereocenters. The molecule has 1 aliphatic heterocycles. The Balaban J connectivity index is 1.97. The summed E-state index contributed by atoms with van der Waals surface area (Å²) in [6, 6.07) is -0.252. The molecule has 0 spiro atoms.